The van der Waals surface area contributed by atoms with Crippen molar-refractivity contribution in [3.63, 3.8) is 0 Å². The largest absolute Gasteiger partial charge is 0.326 e. The Balaban J connectivity index is 3.72. The molecule has 0 unspecified atom stereocenters. The molecule has 0 amide bonds. The van der Waals surface area contributed by atoms with Crippen LogP contribution in [0.1, 0.15) is 23.6 Å². The Morgan fingerprint density at radius 3 is 2.50 bits per heavy atom. The van der Waals surface area contributed by atoms with Crippen LogP contribution in [0.5, 0.6) is 0 Å². The molecule has 0 bridgehead atoms. The summed E-state index contributed by atoms with van der Waals surface area (Å²) in [6, 6.07) is 5.06. The maximum absolute atomic E-state index is 11.5. The molecular weight excluding hydrogens is 248 g/mol. The first-order chi connectivity index (χ1) is 7.45. The van der Waals surface area contributed by atoms with E-state index in [0.29, 0.717) is 12.0 Å². The van der Waals surface area contributed by atoms with E-state index in [4.69, 9.17) is 21.7 Å². The number of benzene rings is 1. The molecular formula is C10H11ClN2O2S. The van der Waals surface area contributed by atoms with Crippen molar-refractivity contribution in [3.8, 4) is 6.07 Å². The zero-order valence-corrected chi connectivity index (χ0v) is 10.3. The first-order valence-electron chi connectivity index (χ1n) is 4.65. The van der Waals surface area contributed by atoms with E-state index in [1.165, 1.54) is 0 Å². The van der Waals surface area contributed by atoms with Gasteiger partial charge < -0.3 is 5.73 Å². The Morgan fingerprint density at radius 2 is 2.12 bits per heavy atom. The Morgan fingerprint density at radius 1 is 1.50 bits per heavy atom. The fourth-order valence-corrected chi connectivity index (χ4v) is 3.16. The highest BCUT2D eigenvalue weighted by Gasteiger charge is 2.21. The zero-order valence-electron chi connectivity index (χ0n) is 8.70. The molecule has 0 aliphatic heterocycles. The van der Waals surface area contributed by atoms with Crippen LogP contribution in [0.4, 0.5) is 0 Å². The van der Waals surface area contributed by atoms with Crippen LogP contribution >= 0.6 is 10.7 Å². The topological polar surface area (TPSA) is 83.9 Å². The molecule has 6 heteroatoms. The number of nitrogens with two attached hydrogens (primary N) is 1. The lowest BCUT2D eigenvalue weighted by Gasteiger charge is -2.11. The minimum atomic E-state index is -3.88. The summed E-state index contributed by atoms with van der Waals surface area (Å²) in [6.07, 6.45) is 0.514. The Kier molecular flexibility index (Phi) is 3.92. The predicted octanol–water partition coefficient (Wildman–Crippen LogP) is 1.51. The first-order valence-corrected chi connectivity index (χ1v) is 6.96. The molecule has 0 radical (unpaired) electrons. The molecule has 1 aromatic carbocycles. The smallest absolute Gasteiger partial charge is 0.261 e. The third-order valence-corrected chi connectivity index (χ3v) is 3.75. The van der Waals surface area contributed by atoms with E-state index in [1.807, 2.05) is 13.0 Å². The van der Waals surface area contributed by atoms with Crippen LogP contribution in [0.3, 0.4) is 0 Å². The van der Waals surface area contributed by atoms with Crippen molar-refractivity contribution < 1.29 is 8.42 Å². The van der Waals surface area contributed by atoms with Gasteiger partial charge in [-0.2, -0.15) is 5.26 Å². The minimum Gasteiger partial charge on any atom is -0.326 e. The molecule has 0 aromatic heterocycles. The molecule has 1 rings (SSSR count). The molecule has 0 aliphatic rings. The number of nitrogens with zero attached hydrogens (tertiary/aromatic N) is 1. The molecule has 0 heterocycles. The Hall–Kier alpha value is -1.09. The van der Waals surface area contributed by atoms with Gasteiger partial charge in [-0.1, -0.05) is 13.0 Å². The SMILES string of the molecule is CCc1ccc(C#N)c(CN)c1S(=O)(=O)Cl. The van der Waals surface area contributed by atoms with E-state index < -0.39 is 9.05 Å². The standard InChI is InChI=1S/C10H11ClN2O2S/c1-2-7-3-4-8(5-12)9(6-13)10(7)16(11,14)15/h3-4H,2,6,13H2,1H3. The second-order valence-electron chi connectivity index (χ2n) is 3.19. The average Bonchev–Trinajstić information content (AvgIpc) is 2.25. The predicted molar refractivity (Wildman–Crippen MR) is 61.5 cm³/mol. The van der Waals surface area contributed by atoms with E-state index in [9.17, 15) is 8.42 Å². The average molecular weight is 259 g/mol. The van der Waals surface area contributed by atoms with E-state index in [0.717, 1.165) is 0 Å². The zero-order chi connectivity index (χ0) is 12.3. The molecule has 0 saturated carbocycles. The van der Waals surface area contributed by atoms with E-state index in [-0.39, 0.29) is 22.6 Å². The number of halogens is 1. The second kappa shape index (κ2) is 4.83. The summed E-state index contributed by atoms with van der Waals surface area (Å²) in [7, 11) is 1.48. The monoisotopic (exact) mass is 258 g/mol. The van der Waals surface area contributed by atoms with Gasteiger partial charge in [-0.05, 0) is 18.1 Å². The fraction of sp³-hybridized carbons (Fsp3) is 0.300. The van der Waals surface area contributed by atoms with Gasteiger partial charge in [0.15, 0.2) is 0 Å². The van der Waals surface area contributed by atoms with Crippen molar-refractivity contribution in [3.05, 3.63) is 28.8 Å². The molecule has 4 nitrogen and oxygen atoms in total. The Bertz CT molecular complexity index is 547. The van der Waals surface area contributed by atoms with Gasteiger partial charge in [0.25, 0.3) is 9.05 Å². The van der Waals surface area contributed by atoms with Gasteiger partial charge in [-0.25, -0.2) is 8.42 Å². The summed E-state index contributed by atoms with van der Waals surface area (Å²) in [5.41, 5.74) is 6.59. The quantitative estimate of drug-likeness (QED) is 0.833. The maximum Gasteiger partial charge on any atom is 0.261 e. The van der Waals surface area contributed by atoms with Gasteiger partial charge in [0.2, 0.25) is 0 Å². The van der Waals surface area contributed by atoms with Crippen LogP contribution < -0.4 is 5.73 Å². The van der Waals surface area contributed by atoms with E-state index in [2.05, 4.69) is 0 Å². The highest BCUT2D eigenvalue weighted by atomic mass is 35.7. The molecule has 0 aliphatic carbocycles. The van der Waals surface area contributed by atoms with Crippen molar-refractivity contribution in [1.29, 1.82) is 5.26 Å². The van der Waals surface area contributed by atoms with Crippen LogP contribution in [0.15, 0.2) is 17.0 Å². The van der Waals surface area contributed by atoms with Crippen LogP contribution in [-0.4, -0.2) is 8.42 Å². The molecule has 1 aromatic rings. The molecule has 0 fully saturated rings. The lowest BCUT2D eigenvalue weighted by Crippen LogP contribution is -2.09. The van der Waals surface area contributed by atoms with Crippen molar-refractivity contribution in [1.82, 2.24) is 0 Å². The number of hydrogen-bond donors (Lipinski definition) is 1. The number of aryl methyl sites for hydroxylation is 1. The minimum absolute atomic E-state index is 0.0155. The molecule has 0 saturated heterocycles. The van der Waals surface area contributed by atoms with Crippen molar-refractivity contribution in [2.45, 2.75) is 24.8 Å². The van der Waals surface area contributed by atoms with Gasteiger partial charge in [0, 0.05) is 22.8 Å². The number of rotatable bonds is 3. The van der Waals surface area contributed by atoms with Crippen molar-refractivity contribution >= 4 is 19.7 Å². The lowest BCUT2D eigenvalue weighted by atomic mass is 10.0. The molecule has 2 N–H and O–H groups in total. The lowest BCUT2D eigenvalue weighted by molar-refractivity contribution is 0.607. The molecule has 0 atom stereocenters. The van der Waals surface area contributed by atoms with Gasteiger partial charge in [-0.15, -0.1) is 0 Å². The summed E-state index contributed by atoms with van der Waals surface area (Å²) in [5.74, 6) is 0. The highest BCUT2D eigenvalue weighted by Crippen LogP contribution is 2.27. The van der Waals surface area contributed by atoms with Crippen LogP contribution in [-0.2, 0) is 22.0 Å². The van der Waals surface area contributed by atoms with Gasteiger partial charge >= 0.3 is 0 Å². The summed E-state index contributed by atoms with van der Waals surface area (Å²) in [6.45, 7) is 1.78. The fourth-order valence-electron chi connectivity index (χ4n) is 1.57. The Labute approximate surface area is 99.1 Å². The van der Waals surface area contributed by atoms with Crippen molar-refractivity contribution in [2.75, 3.05) is 0 Å². The third kappa shape index (κ3) is 2.35. The van der Waals surface area contributed by atoms with E-state index in [1.54, 1.807) is 12.1 Å². The van der Waals surface area contributed by atoms with Crippen LogP contribution in [0, 0.1) is 11.3 Å². The second-order valence-corrected chi connectivity index (χ2v) is 5.69. The van der Waals surface area contributed by atoms with Crippen LogP contribution in [0.25, 0.3) is 0 Å². The normalized spacial score (nSPS) is 11.1. The first kappa shape index (κ1) is 13.0. The summed E-state index contributed by atoms with van der Waals surface area (Å²) in [4.78, 5) is -0.0155. The molecule has 16 heavy (non-hydrogen) atoms. The molecule has 0 spiro atoms. The van der Waals surface area contributed by atoms with E-state index >= 15 is 0 Å². The van der Waals surface area contributed by atoms with Crippen LogP contribution in [0.2, 0.25) is 0 Å². The van der Waals surface area contributed by atoms with Gasteiger partial charge in [0.1, 0.15) is 0 Å². The number of hydrogen-bond acceptors (Lipinski definition) is 4. The summed E-state index contributed by atoms with van der Waals surface area (Å²) >= 11 is 0. The maximum atomic E-state index is 11.5. The van der Waals surface area contributed by atoms with Gasteiger partial charge in [-0.3, -0.25) is 0 Å². The molecule has 86 valence electrons. The van der Waals surface area contributed by atoms with Crippen molar-refractivity contribution in [2.24, 2.45) is 5.73 Å². The van der Waals surface area contributed by atoms with Gasteiger partial charge in [0.05, 0.1) is 16.5 Å². The summed E-state index contributed by atoms with van der Waals surface area (Å²) in [5, 5.41) is 8.86. The third-order valence-electron chi connectivity index (χ3n) is 2.29. The highest BCUT2D eigenvalue weighted by molar-refractivity contribution is 8.13. The summed E-state index contributed by atoms with van der Waals surface area (Å²) < 4.78 is 22.9. The number of nitriles is 1.